The van der Waals surface area contributed by atoms with Gasteiger partial charge < -0.3 is 10.2 Å². The summed E-state index contributed by atoms with van der Waals surface area (Å²) >= 11 is 0. The summed E-state index contributed by atoms with van der Waals surface area (Å²) in [6.45, 7) is 10.5. The number of aryl methyl sites for hydroxylation is 2. The van der Waals surface area contributed by atoms with Crippen molar-refractivity contribution in [1.29, 1.82) is 0 Å². The highest BCUT2D eigenvalue weighted by Gasteiger charge is 2.14. The van der Waals surface area contributed by atoms with Gasteiger partial charge in [-0.1, -0.05) is 43.7 Å². The van der Waals surface area contributed by atoms with Crippen molar-refractivity contribution in [3.05, 3.63) is 53.0 Å². The first-order chi connectivity index (χ1) is 12.0. The maximum Gasteiger partial charge on any atom is 0.270 e. The van der Waals surface area contributed by atoms with E-state index in [9.17, 15) is 4.79 Å². The molecule has 0 radical (unpaired) electrons. The molecule has 0 bridgehead atoms. The zero-order valence-electron chi connectivity index (χ0n) is 15.7. The Morgan fingerprint density at radius 3 is 2.44 bits per heavy atom. The lowest BCUT2D eigenvalue weighted by molar-refractivity contribution is 0.0945. The molecule has 0 aliphatic heterocycles. The first-order valence-electron chi connectivity index (χ1n) is 8.97. The van der Waals surface area contributed by atoms with Crippen molar-refractivity contribution >= 4 is 11.7 Å². The summed E-state index contributed by atoms with van der Waals surface area (Å²) in [5.74, 6) is 1.29. The van der Waals surface area contributed by atoms with E-state index in [-0.39, 0.29) is 5.91 Å². The van der Waals surface area contributed by atoms with Gasteiger partial charge in [-0.05, 0) is 32.3 Å². The monoisotopic (exact) mass is 340 g/mol. The molecule has 5 heteroatoms. The van der Waals surface area contributed by atoms with Crippen molar-refractivity contribution in [1.82, 2.24) is 15.3 Å². The Balaban J connectivity index is 2.13. The fourth-order valence-corrected chi connectivity index (χ4v) is 2.81. The highest BCUT2D eigenvalue weighted by Crippen LogP contribution is 2.14. The van der Waals surface area contributed by atoms with E-state index >= 15 is 0 Å². The molecular weight excluding hydrogens is 312 g/mol. The lowest BCUT2D eigenvalue weighted by Gasteiger charge is -2.23. The second-order valence-corrected chi connectivity index (χ2v) is 6.32. The summed E-state index contributed by atoms with van der Waals surface area (Å²) in [6.07, 6.45) is 2.08. The lowest BCUT2D eigenvalue weighted by Crippen LogP contribution is -2.28. The Morgan fingerprint density at radius 1 is 1.08 bits per heavy atom. The first kappa shape index (κ1) is 18.9. The molecule has 1 amide bonds. The van der Waals surface area contributed by atoms with Crippen LogP contribution in [0, 0.1) is 13.8 Å². The third-order valence-corrected chi connectivity index (χ3v) is 3.90. The number of carbonyl (C=O) groups excluding carboxylic acids is 1. The van der Waals surface area contributed by atoms with Gasteiger partial charge in [-0.15, -0.1) is 0 Å². The number of anilines is 1. The van der Waals surface area contributed by atoms with Crippen LogP contribution in [0.1, 0.15) is 54.1 Å². The zero-order valence-corrected chi connectivity index (χ0v) is 15.7. The lowest BCUT2D eigenvalue weighted by atomic mass is 10.1. The average Bonchev–Trinajstić information content (AvgIpc) is 2.59. The topological polar surface area (TPSA) is 58.1 Å². The maximum absolute atomic E-state index is 12.5. The fraction of sp³-hybridized carbons (Fsp3) is 0.450. The van der Waals surface area contributed by atoms with E-state index in [4.69, 9.17) is 0 Å². The fourth-order valence-electron chi connectivity index (χ4n) is 2.81. The van der Waals surface area contributed by atoms with Crippen molar-refractivity contribution in [2.75, 3.05) is 18.0 Å². The van der Waals surface area contributed by atoms with Gasteiger partial charge >= 0.3 is 0 Å². The number of benzene rings is 1. The van der Waals surface area contributed by atoms with E-state index in [1.807, 2.05) is 32.0 Å². The number of rotatable bonds is 8. The van der Waals surface area contributed by atoms with Crippen molar-refractivity contribution < 1.29 is 4.79 Å². The second-order valence-electron chi connectivity index (χ2n) is 6.32. The molecule has 0 spiro atoms. The summed E-state index contributed by atoms with van der Waals surface area (Å²) in [5.41, 5.74) is 2.69. The summed E-state index contributed by atoms with van der Waals surface area (Å²) in [4.78, 5) is 23.6. The molecule has 2 aromatic rings. The van der Waals surface area contributed by atoms with E-state index < -0.39 is 0 Å². The molecule has 134 valence electrons. The molecule has 0 unspecified atom stereocenters. The van der Waals surface area contributed by atoms with Crippen molar-refractivity contribution in [2.45, 2.75) is 47.1 Å². The Labute approximate surface area is 150 Å². The second kappa shape index (κ2) is 9.16. The molecule has 0 saturated heterocycles. The van der Waals surface area contributed by atoms with E-state index in [1.165, 1.54) is 5.56 Å². The predicted octanol–water partition coefficient (Wildman–Crippen LogP) is 3.65. The van der Waals surface area contributed by atoms with Gasteiger partial charge in [0.1, 0.15) is 17.3 Å². The van der Waals surface area contributed by atoms with E-state index in [0.717, 1.165) is 37.3 Å². The van der Waals surface area contributed by atoms with E-state index in [2.05, 4.69) is 40.1 Å². The number of amides is 1. The molecular formula is C20H28N4O. The molecule has 25 heavy (non-hydrogen) atoms. The molecule has 0 aliphatic rings. The minimum absolute atomic E-state index is 0.166. The van der Waals surface area contributed by atoms with Gasteiger partial charge in [-0.3, -0.25) is 4.79 Å². The Kier molecular flexibility index (Phi) is 6.92. The molecule has 0 atom stereocenters. The van der Waals surface area contributed by atoms with Gasteiger partial charge in [0, 0.05) is 25.7 Å². The standard InChI is InChI=1S/C20H28N4O/c1-5-10-24(11-6-2)19-13-18(22-16(4)23-19)20(25)21-14-17-9-7-8-15(3)12-17/h7-9,12-13H,5-6,10-11,14H2,1-4H3,(H,21,25). The molecule has 1 N–H and O–H groups in total. The molecule has 0 fully saturated rings. The molecule has 1 aromatic carbocycles. The van der Waals surface area contributed by atoms with Gasteiger partial charge in [-0.25, -0.2) is 9.97 Å². The van der Waals surface area contributed by atoms with Crippen molar-refractivity contribution in [2.24, 2.45) is 0 Å². The molecule has 5 nitrogen and oxygen atoms in total. The van der Waals surface area contributed by atoms with Gasteiger partial charge in [0.25, 0.3) is 5.91 Å². The number of nitrogens with zero attached hydrogens (tertiary/aromatic N) is 3. The van der Waals surface area contributed by atoms with Gasteiger partial charge in [0.15, 0.2) is 0 Å². The number of aromatic nitrogens is 2. The molecule has 2 rings (SSSR count). The van der Waals surface area contributed by atoms with Crippen LogP contribution in [0.15, 0.2) is 30.3 Å². The van der Waals surface area contributed by atoms with Crippen LogP contribution in [-0.2, 0) is 6.54 Å². The molecule has 1 heterocycles. The van der Waals surface area contributed by atoms with Gasteiger partial charge in [-0.2, -0.15) is 0 Å². The van der Waals surface area contributed by atoms with Crippen LogP contribution in [0.5, 0.6) is 0 Å². The van der Waals surface area contributed by atoms with Gasteiger partial charge in [0.05, 0.1) is 0 Å². The van der Waals surface area contributed by atoms with Crippen LogP contribution in [0.3, 0.4) is 0 Å². The summed E-state index contributed by atoms with van der Waals surface area (Å²) in [7, 11) is 0. The quantitative estimate of drug-likeness (QED) is 0.797. The third-order valence-electron chi connectivity index (χ3n) is 3.90. The normalized spacial score (nSPS) is 10.6. The number of nitrogens with one attached hydrogen (secondary N) is 1. The predicted molar refractivity (Wildman–Crippen MR) is 102 cm³/mol. The maximum atomic E-state index is 12.5. The van der Waals surface area contributed by atoms with Crippen LogP contribution >= 0.6 is 0 Å². The average molecular weight is 340 g/mol. The van der Waals surface area contributed by atoms with Crippen molar-refractivity contribution in [3.8, 4) is 0 Å². The summed E-state index contributed by atoms with van der Waals surface area (Å²) < 4.78 is 0. The minimum Gasteiger partial charge on any atom is -0.357 e. The number of hydrogen-bond acceptors (Lipinski definition) is 4. The Hall–Kier alpha value is -2.43. The molecule has 0 saturated carbocycles. The van der Waals surface area contributed by atoms with Crippen LogP contribution in [-0.4, -0.2) is 29.0 Å². The zero-order chi connectivity index (χ0) is 18.2. The van der Waals surface area contributed by atoms with Crippen LogP contribution < -0.4 is 10.2 Å². The van der Waals surface area contributed by atoms with Crippen LogP contribution in [0.4, 0.5) is 5.82 Å². The largest absolute Gasteiger partial charge is 0.357 e. The number of carbonyl (C=O) groups is 1. The molecule has 1 aromatic heterocycles. The first-order valence-corrected chi connectivity index (χ1v) is 8.97. The van der Waals surface area contributed by atoms with E-state index in [0.29, 0.717) is 18.1 Å². The SMILES string of the molecule is CCCN(CCC)c1cc(C(=O)NCc2cccc(C)c2)nc(C)n1. The van der Waals surface area contributed by atoms with E-state index in [1.54, 1.807) is 6.07 Å². The number of hydrogen-bond donors (Lipinski definition) is 1. The summed E-state index contributed by atoms with van der Waals surface area (Å²) in [6, 6.07) is 9.91. The Bertz CT molecular complexity index is 709. The highest BCUT2D eigenvalue weighted by molar-refractivity contribution is 5.92. The highest BCUT2D eigenvalue weighted by atomic mass is 16.1. The Morgan fingerprint density at radius 2 is 1.80 bits per heavy atom. The minimum atomic E-state index is -0.166. The van der Waals surface area contributed by atoms with Gasteiger partial charge in [0.2, 0.25) is 0 Å². The van der Waals surface area contributed by atoms with Crippen LogP contribution in [0.2, 0.25) is 0 Å². The van der Waals surface area contributed by atoms with Crippen LogP contribution in [0.25, 0.3) is 0 Å². The van der Waals surface area contributed by atoms with Crippen molar-refractivity contribution in [3.63, 3.8) is 0 Å². The summed E-state index contributed by atoms with van der Waals surface area (Å²) in [5, 5.41) is 2.95. The molecule has 0 aliphatic carbocycles. The third kappa shape index (κ3) is 5.55. The smallest absolute Gasteiger partial charge is 0.270 e.